The molecule has 2 aliphatic rings. The number of hydrogen-bond acceptors (Lipinski definition) is 4. The third-order valence-electron chi connectivity index (χ3n) is 4.87. The lowest BCUT2D eigenvalue weighted by atomic mass is 9.93. The summed E-state index contributed by atoms with van der Waals surface area (Å²) in [5.74, 6) is 0.408. The summed E-state index contributed by atoms with van der Waals surface area (Å²) in [6.45, 7) is 2.00. The Kier molecular flexibility index (Phi) is 5.23. The molecule has 27 heavy (non-hydrogen) atoms. The molecule has 0 unspecified atom stereocenters. The van der Waals surface area contributed by atoms with E-state index < -0.39 is 6.29 Å². The van der Waals surface area contributed by atoms with Crippen LogP contribution in [0.1, 0.15) is 29.0 Å². The summed E-state index contributed by atoms with van der Waals surface area (Å²) in [6.07, 6.45) is 2.11. The number of aliphatic hydroxyl groups excluding tert-OH is 1. The molecule has 5 nitrogen and oxygen atoms in total. The van der Waals surface area contributed by atoms with Gasteiger partial charge in [0.25, 0.3) is 5.91 Å². The summed E-state index contributed by atoms with van der Waals surface area (Å²) in [5, 5.41) is 9.14. The first-order valence-corrected chi connectivity index (χ1v) is 9.26. The van der Waals surface area contributed by atoms with Crippen LogP contribution in [-0.4, -0.2) is 35.3 Å². The monoisotopic (exact) mass is 365 g/mol. The maximum atomic E-state index is 12.5. The van der Waals surface area contributed by atoms with Crippen molar-refractivity contribution in [1.29, 1.82) is 0 Å². The Labute approximate surface area is 158 Å². The largest absolute Gasteiger partial charge is 0.459 e. The van der Waals surface area contributed by atoms with Gasteiger partial charge in [-0.2, -0.15) is 0 Å². The molecule has 0 bridgehead atoms. The van der Waals surface area contributed by atoms with Crippen molar-refractivity contribution in [2.24, 2.45) is 0 Å². The summed E-state index contributed by atoms with van der Waals surface area (Å²) in [5.41, 5.74) is 3.02. The molecule has 0 radical (unpaired) electrons. The minimum Gasteiger partial charge on any atom is -0.459 e. The summed E-state index contributed by atoms with van der Waals surface area (Å²) in [7, 11) is 0. The fraction of sp³-hybridized carbons (Fsp3) is 0.318. The topological polar surface area (TPSA) is 58.8 Å². The second-order valence-electron chi connectivity index (χ2n) is 6.91. The molecular formula is C22H23NO4. The summed E-state index contributed by atoms with van der Waals surface area (Å²) in [6, 6.07) is 17.7. The lowest BCUT2D eigenvalue weighted by molar-refractivity contribution is -0.152. The Morgan fingerprint density at radius 2 is 1.78 bits per heavy atom. The summed E-state index contributed by atoms with van der Waals surface area (Å²) < 4.78 is 11.9. The number of hydrogen-bond donors (Lipinski definition) is 1. The van der Waals surface area contributed by atoms with Crippen LogP contribution in [0.5, 0.6) is 0 Å². The van der Waals surface area contributed by atoms with Gasteiger partial charge in [0, 0.05) is 25.4 Å². The molecule has 2 aromatic rings. The smallest absolute Gasteiger partial charge is 0.288 e. The molecule has 2 aliphatic heterocycles. The Bertz CT molecular complexity index is 812. The number of benzene rings is 2. The highest BCUT2D eigenvalue weighted by atomic mass is 16.7. The molecule has 0 aliphatic carbocycles. The highest BCUT2D eigenvalue weighted by Crippen LogP contribution is 2.33. The van der Waals surface area contributed by atoms with E-state index in [4.69, 9.17) is 14.6 Å². The van der Waals surface area contributed by atoms with E-state index in [1.54, 1.807) is 4.90 Å². The maximum Gasteiger partial charge on any atom is 0.288 e. The molecule has 5 heteroatoms. The first kappa shape index (κ1) is 17.8. The fourth-order valence-corrected chi connectivity index (χ4v) is 3.18. The second kappa shape index (κ2) is 7.94. The molecule has 2 atom stereocenters. The number of allylic oxidation sites excluding steroid dienone is 1. The van der Waals surface area contributed by atoms with E-state index in [1.807, 2.05) is 48.5 Å². The van der Waals surface area contributed by atoms with E-state index >= 15 is 0 Å². The molecule has 1 saturated heterocycles. The van der Waals surface area contributed by atoms with Crippen LogP contribution < -0.4 is 0 Å². The molecule has 1 fully saturated rings. The molecule has 0 aromatic heterocycles. The predicted molar refractivity (Wildman–Crippen MR) is 100 cm³/mol. The van der Waals surface area contributed by atoms with E-state index in [0.717, 1.165) is 29.8 Å². The maximum absolute atomic E-state index is 12.5. The fourth-order valence-electron chi connectivity index (χ4n) is 3.18. The lowest BCUT2D eigenvalue weighted by Crippen LogP contribution is -2.29. The molecule has 140 valence electrons. The first-order chi connectivity index (χ1) is 13.2. The SMILES string of the molecule is O=C(C1=C[C@H](c2ccccc2)C[C@H](OCc2ccc(CO)cc2)O1)N1CC1. The number of carbonyl (C=O) groups is 1. The Balaban J connectivity index is 1.47. The van der Waals surface area contributed by atoms with Gasteiger partial charge in [0.1, 0.15) is 0 Å². The number of rotatable bonds is 6. The molecule has 0 saturated carbocycles. The predicted octanol–water partition coefficient (Wildman–Crippen LogP) is 2.95. The van der Waals surface area contributed by atoms with Crippen LogP contribution in [0.15, 0.2) is 66.4 Å². The average Bonchev–Trinajstić information content (AvgIpc) is 3.58. The van der Waals surface area contributed by atoms with Crippen LogP contribution in [0.4, 0.5) is 0 Å². The van der Waals surface area contributed by atoms with Crippen LogP contribution >= 0.6 is 0 Å². The zero-order chi connectivity index (χ0) is 18.6. The number of carbonyl (C=O) groups excluding carboxylic acids is 1. The minimum atomic E-state index is -0.475. The van der Waals surface area contributed by atoms with Gasteiger partial charge in [-0.15, -0.1) is 0 Å². The first-order valence-electron chi connectivity index (χ1n) is 9.26. The van der Waals surface area contributed by atoms with E-state index in [1.165, 1.54) is 0 Å². The van der Waals surface area contributed by atoms with Gasteiger partial charge < -0.3 is 19.5 Å². The van der Waals surface area contributed by atoms with Crippen molar-refractivity contribution in [2.75, 3.05) is 13.1 Å². The lowest BCUT2D eigenvalue weighted by Gasteiger charge is -2.29. The van der Waals surface area contributed by atoms with Gasteiger partial charge in [0.15, 0.2) is 5.76 Å². The molecule has 1 N–H and O–H groups in total. The van der Waals surface area contributed by atoms with Crippen molar-refractivity contribution in [1.82, 2.24) is 4.90 Å². The molecular weight excluding hydrogens is 342 g/mol. The third-order valence-corrected chi connectivity index (χ3v) is 4.87. The zero-order valence-corrected chi connectivity index (χ0v) is 15.1. The number of ether oxygens (including phenoxy) is 2. The van der Waals surface area contributed by atoms with E-state index in [0.29, 0.717) is 18.8 Å². The van der Waals surface area contributed by atoms with Crippen LogP contribution in [0.2, 0.25) is 0 Å². The van der Waals surface area contributed by atoms with Gasteiger partial charge in [0.2, 0.25) is 6.29 Å². The van der Waals surface area contributed by atoms with Crippen molar-refractivity contribution in [3.63, 3.8) is 0 Å². The van der Waals surface area contributed by atoms with Crippen molar-refractivity contribution < 1.29 is 19.4 Å². The van der Waals surface area contributed by atoms with Crippen molar-refractivity contribution in [3.05, 3.63) is 83.1 Å². The van der Waals surface area contributed by atoms with Gasteiger partial charge >= 0.3 is 0 Å². The highest BCUT2D eigenvalue weighted by molar-refractivity contribution is 5.93. The van der Waals surface area contributed by atoms with Crippen LogP contribution in [0.3, 0.4) is 0 Å². The molecule has 0 spiro atoms. The van der Waals surface area contributed by atoms with Gasteiger partial charge in [-0.1, -0.05) is 54.6 Å². The zero-order valence-electron chi connectivity index (χ0n) is 15.1. The van der Waals surface area contributed by atoms with Gasteiger partial charge in [-0.05, 0) is 22.8 Å². The molecule has 2 heterocycles. The minimum absolute atomic E-state index is 0.0262. The Morgan fingerprint density at radius 3 is 2.44 bits per heavy atom. The highest BCUT2D eigenvalue weighted by Gasteiger charge is 2.34. The van der Waals surface area contributed by atoms with E-state index in [-0.39, 0.29) is 18.4 Å². The third kappa shape index (κ3) is 4.38. The molecule has 4 rings (SSSR count). The summed E-state index contributed by atoms with van der Waals surface area (Å²) in [4.78, 5) is 14.2. The van der Waals surface area contributed by atoms with Gasteiger partial charge in [-0.3, -0.25) is 4.79 Å². The molecule has 2 aromatic carbocycles. The van der Waals surface area contributed by atoms with Crippen molar-refractivity contribution in [2.45, 2.75) is 31.8 Å². The van der Waals surface area contributed by atoms with E-state index in [9.17, 15) is 4.79 Å². The van der Waals surface area contributed by atoms with Gasteiger partial charge in [0.05, 0.1) is 13.2 Å². The number of nitrogens with zero attached hydrogens (tertiary/aromatic N) is 1. The second-order valence-corrected chi connectivity index (χ2v) is 6.91. The average molecular weight is 365 g/mol. The van der Waals surface area contributed by atoms with Crippen LogP contribution in [-0.2, 0) is 27.5 Å². The van der Waals surface area contributed by atoms with Crippen molar-refractivity contribution in [3.8, 4) is 0 Å². The normalized spacial score (nSPS) is 21.4. The quantitative estimate of drug-likeness (QED) is 0.800. The Hall–Kier alpha value is -2.63. The number of aliphatic hydroxyl groups is 1. The Morgan fingerprint density at radius 1 is 1.07 bits per heavy atom. The van der Waals surface area contributed by atoms with Gasteiger partial charge in [-0.25, -0.2) is 0 Å². The molecule has 1 amide bonds. The van der Waals surface area contributed by atoms with Crippen LogP contribution in [0, 0.1) is 0 Å². The number of amides is 1. The van der Waals surface area contributed by atoms with E-state index in [2.05, 4.69) is 12.1 Å². The van der Waals surface area contributed by atoms with Crippen LogP contribution in [0.25, 0.3) is 0 Å². The standard InChI is InChI=1S/C22H23NO4/c24-14-16-6-8-17(9-7-16)15-26-21-13-19(18-4-2-1-3-5-18)12-20(27-21)22(25)23-10-11-23/h1-9,12,19,21,24H,10-11,13-15H2/t19-,21+/m0/s1. The van der Waals surface area contributed by atoms with Crippen molar-refractivity contribution >= 4 is 5.91 Å². The summed E-state index contributed by atoms with van der Waals surface area (Å²) >= 11 is 0.